The summed E-state index contributed by atoms with van der Waals surface area (Å²) in [6, 6.07) is 8.40. The molecular formula is C23H29N3O2S. The first-order chi connectivity index (χ1) is 14.0. The van der Waals surface area contributed by atoms with Gasteiger partial charge in [-0.25, -0.2) is 0 Å². The zero-order valence-corrected chi connectivity index (χ0v) is 18.2. The van der Waals surface area contributed by atoms with Crippen molar-refractivity contribution in [2.75, 3.05) is 26.4 Å². The summed E-state index contributed by atoms with van der Waals surface area (Å²) in [6.07, 6.45) is 8.00. The van der Waals surface area contributed by atoms with E-state index < -0.39 is 10.8 Å². The van der Waals surface area contributed by atoms with Crippen molar-refractivity contribution in [2.45, 2.75) is 43.7 Å². The SMILES string of the molecule is CC1CNC2=C(O1)C(c1cc3c(S(C)=O)cccc3n1CCC1CC1)=CN(C)C2. The number of hydrogen-bond acceptors (Lipinski definition) is 4. The number of likely N-dealkylation sites (N-methyl/N-ethyl adjacent to an activating group) is 1. The fourth-order valence-corrected chi connectivity index (χ4v) is 5.21. The molecule has 1 saturated carbocycles. The maximum absolute atomic E-state index is 12.4. The van der Waals surface area contributed by atoms with E-state index in [-0.39, 0.29) is 6.10 Å². The molecule has 3 aliphatic rings. The van der Waals surface area contributed by atoms with Crippen LogP contribution in [0.5, 0.6) is 0 Å². The zero-order valence-electron chi connectivity index (χ0n) is 17.4. The van der Waals surface area contributed by atoms with Gasteiger partial charge in [-0.05, 0) is 37.5 Å². The lowest BCUT2D eigenvalue weighted by Crippen LogP contribution is -2.39. The maximum atomic E-state index is 12.4. The summed E-state index contributed by atoms with van der Waals surface area (Å²) in [4.78, 5) is 3.12. The predicted octanol–water partition coefficient (Wildman–Crippen LogP) is 3.69. The first kappa shape index (κ1) is 18.8. The third-order valence-corrected chi connectivity index (χ3v) is 7.12. The second-order valence-electron chi connectivity index (χ2n) is 8.63. The standard InChI is InChI=1S/C23H29N3O2S/c1-15-12-24-19-14-25(2)13-18(23(19)28-15)21-11-17-20(5-4-6-22(17)29(3)27)26(21)10-9-16-7-8-16/h4-6,11,13,15-16,24H,7-10,12,14H2,1-3H3. The molecular weight excluding hydrogens is 382 g/mol. The third-order valence-electron chi connectivity index (χ3n) is 6.15. The van der Waals surface area contributed by atoms with Crippen LogP contribution in [-0.2, 0) is 22.1 Å². The fraction of sp³-hybridized carbons (Fsp3) is 0.478. The van der Waals surface area contributed by atoms with Gasteiger partial charge in [-0.15, -0.1) is 0 Å². The van der Waals surface area contributed by atoms with Gasteiger partial charge in [0.15, 0.2) is 5.76 Å². The summed E-state index contributed by atoms with van der Waals surface area (Å²) in [6.45, 7) is 4.76. The van der Waals surface area contributed by atoms with Gasteiger partial charge in [-0.2, -0.15) is 0 Å². The number of aromatic nitrogens is 1. The molecule has 0 bridgehead atoms. The fourth-order valence-electron chi connectivity index (χ4n) is 4.46. The summed E-state index contributed by atoms with van der Waals surface area (Å²) >= 11 is 0. The number of benzene rings is 1. The minimum atomic E-state index is -1.02. The molecule has 2 aromatic rings. The predicted molar refractivity (Wildman–Crippen MR) is 118 cm³/mol. The summed E-state index contributed by atoms with van der Waals surface area (Å²) in [5.74, 6) is 1.82. The van der Waals surface area contributed by atoms with Crippen LogP contribution in [0.15, 0.2) is 46.8 Å². The minimum absolute atomic E-state index is 0.142. The molecule has 1 fully saturated rings. The Bertz CT molecular complexity index is 1050. The van der Waals surface area contributed by atoms with Gasteiger partial charge >= 0.3 is 0 Å². The van der Waals surface area contributed by atoms with Gasteiger partial charge in [0.2, 0.25) is 0 Å². The van der Waals surface area contributed by atoms with E-state index in [9.17, 15) is 4.21 Å². The number of aryl methyl sites for hydroxylation is 1. The summed E-state index contributed by atoms with van der Waals surface area (Å²) < 4.78 is 21.1. The van der Waals surface area contributed by atoms with Gasteiger partial charge in [0.05, 0.1) is 40.9 Å². The molecule has 0 saturated heterocycles. The van der Waals surface area contributed by atoms with Crippen molar-refractivity contribution in [1.82, 2.24) is 14.8 Å². The van der Waals surface area contributed by atoms with E-state index in [1.807, 2.05) is 12.1 Å². The Hall–Kier alpha value is -2.21. The third kappa shape index (κ3) is 3.48. The van der Waals surface area contributed by atoms with Gasteiger partial charge in [0, 0.05) is 41.8 Å². The second kappa shape index (κ2) is 7.24. The van der Waals surface area contributed by atoms with Crippen LogP contribution >= 0.6 is 0 Å². The quantitative estimate of drug-likeness (QED) is 0.815. The molecule has 0 amide bonds. The molecule has 1 aliphatic carbocycles. The van der Waals surface area contributed by atoms with Crippen LogP contribution in [0.4, 0.5) is 0 Å². The number of allylic oxidation sites excluding steroid dienone is 1. The first-order valence-corrected chi connectivity index (χ1v) is 12.1. The topological polar surface area (TPSA) is 46.5 Å². The van der Waals surface area contributed by atoms with Crippen LogP contribution < -0.4 is 5.32 Å². The molecule has 5 nitrogen and oxygen atoms in total. The van der Waals surface area contributed by atoms with Crippen LogP contribution in [0, 0.1) is 5.92 Å². The number of rotatable bonds is 5. The number of fused-ring (bicyclic) bond motifs is 1. The molecule has 1 N–H and O–H groups in total. The molecule has 2 atom stereocenters. The van der Waals surface area contributed by atoms with Crippen molar-refractivity contribution in [1.29, 1.82) is 0 Å². The number of nitrogens with one attached hydrogen (secondary N) is 1. The van der Waals surface area contributed by atoms with Gasteiger partial charge in [-0.1, -0.05) is 18.9 Å². The molecule has 3 heterocycles. The lowest BCUT2D eigenvalue weighted by molar-refractivity contribution is 0.119. The van der Waals surface area contributed by atoms with Gasteiger partial charge < -0.3 is 19.5 Å². The van der Waals surface area contributed by atoms with Crippen LogP contribution in [0.25, 0.3) is 16.5 Å². The highest BCUT2D eigenvalue weighted by Gasteiger charge is 2.30. The number of hydrogen-bond donors (Lipinski definition) is 1. The van der Waals surface area contributed by atoms with E-state index in [0.29, 0.717) is 0 Å². The van der Waals surface area contributed by atoms with E-state index in [1.54, 1.807) is 6.26 Å². The lowest BCUT2D eigenvalue weighted by Gasteiger charge is -2.34. The Kier molecular flexibility index (Phi) is 4.69. The lowest BCUT2D eigenvalue weighted by atomic mass is 10.0. The van der Waals surface area contributed by atoms with E-state index in [4.69, 9.17) is 4.74 Å². The average molecular weight is 412 g/mol. The highest BCUT2D eigenvalue weighted by atomic mass is 32.2. The normalized spacial score (nSPS) is 22.8. The summed E-state index contributed by atoms with van der Waals surface area (Å²) in [5.41, 5.74) is 4.60. The first-order valence-electron chi connectivity index (χ1n) is 10.5. The largest absolute Gasteiger partial charge is 0.486 e. The van der Waals surface area contributed by atoms with E-state index in [0.717, 1.165) is 58.6 Å². The zero-order chi connectivity index (χ0) is 20.1. The van der Waals surface area contributed by atoms with Gasteiger partial charge in [0.25, 0.3) is 0 Å². The van der Waals surface area contributed by atoms with Crippen LogP contribution in [-0.4, -0.2) is 46.2 Å². The van der Waals surface area contributed by atoms with Crippen molar-refractivity contribution in [3.8, 4) is 0 Å². The number of nitrogens with zero attached hydrogens (tertiary/aromatic N) is 2. The Morgan fingerprint density at radius 1 is 1.31 bits per heavy atom. The maximum Gasteiger partial charge on any atom is 0.151 e. The molecule has 29 heavy (non-hydrogen) atoms. The number of ether oxygens (including phenoxy) is 1. The molecule has 6 heteroatoms. The highest BCUT2D eigenvalue weighted by Crippen LogP contribution is 2.39. The Morgan fingerprint density at radius 2 is 2.14 bits per heavy atom. The van der Waals surface area contributed by atoms with Crippen molar-refractivity contribution in [3.63, 3.8) is 0 Å². The molecule has 0 spiro atoms. The van der Waals surface area contributed by atoms with E-state index >= 15 is 0 Å². The summed E-state index contributed by atoms with van der Waals surface area (Å²) in [7, 11) is 1.08. The van der Waals surface area contributed by atoms with Crippen LogP contribution in [0.1, 0.15) is 31.9 Å². The Labute approximate surface area is 174 Å². The minimum Gasteiger partial charge on any atom is -0.486 e. The molecule has 0 radical (unpaired) electrons. The van der Waals surface area contributed by atoms with E-state index in [2.05, 4.69) is 47.1 Å². The summed E-state index contributed by atoms with van der Waals surface area (Å²) in [5, 5.41) is 4.65. The molecule has 2 unspecified atom stereocenters. The highest BCUT2D eigenvalue weighted by molar-refractivity contribution is 7.84. The Morgan fingerprint density at radius 3 is 2.90 bits per heavy atom. The smallest absolute Gasteiger partial charge is 0.151 e. The van der Waals surface area contributed by atoms with Crippen molar-refractivity contribution in [2.24, 2.45) is 5.92 Å². The Balaban J connectivity index is 1.68. The van der Waals surface area contributed by atoms with Gasteiger partial charge in [-0.3, -0.25) is 4.21 Å². The molecule has 5 rings (SSSR count). The van der Waals surface area contributed by atoms with Crippen molar-refractivity contribution < 1.29 is 8.95 Å². The monoisotopic (exact) mass is 411 g/mol. The molecule has 1 aromatic carbocycles. The molecule has 154 valence electrons. The van der Waals surface area contributed by atoms with E-state index in [1.165, 1.54) is 24.8 Å². The van der Waals surface area contributed by atoms with Crippen molar-refractivity contribution in [3.05, 3.63) is 47.6 Å². The van der Waals surface area contributed by atoms with Crippen LogP contribution in [0.3, 0.4) is 0 Å². The molecule has 2 aliphatic heterocycles. The van der Waals surface area contributed by atoms with Crippen molar-refractivity contribution >= 4 is 27.3 Å². The average Bonchev–Trinajstić information content (AvgIpc) is 3.45. The van der Waals surface area contributed by atoms with Gasteiger partial charge in [0.1, 0.15) is 6.10 Å². The van der Waals surface area contributed by atoms with Crippen LogP contribution in [0.2, 0.25) is 0 Å². The molecule has 1 aromatic heterocycles. The second-order valence-corrected chi connectivity index (χ2v) is 9.98.